The zero-order valence-corrected chi connectivity index (χ0v) is 15.2. The first-order valence-corrected chi connectivity index (χ1v) is 9.01. The minimum atomic E-state index is -0.0971. The van der Waals surface area contributed by atoms with Gasteiger partial charge in [-0.1, -0.05) is 42.8 Å². The molecule has 0 fully saturated rings. The molecule has 0 aliphatic heterocycles. The Morgan fingerprint density at radius 1 is 1.24 bits per heavy atom. The molecule has 3 nitrogen and oxygen atoms in total. The molecule has 25 heavy (non-hydrogen) atoms. The van der Waals surface area contributed by atoms with Crippen molar-refractivity contribution in [3.05, 3.63) is 65.0 Å². The first kappa shape index (κ1) is 17.5. The molecule has 0 saturated carbocycles. The van der Waals surface area contributed by atoms with E-state index in [1.165, 1.54) is 18.3 Å². The van der Waals surface area contributed by atoms with E-state index in [0.29, 0.717) is 0 Å². The molecule has 2 unspecified atom stereocenters. The maximum absolute atomic E-state index is 12.3. The highest BCUT2D eigenvalue weighted by molar-refractivity contribution is 5.81. The molecule has 0 heterocycles. The fraction of sp³-hybridized carbons (Fsp3) is 0.409. The van der Waals surface area contributed by atoms with Gasteiger partial charge in [0.2, 0.25) is 0 Å². The predicted octanol–water partition coefficient (Wildman–Crippen LogP) is 4.91. The maximum atomic E-state index is 12.3. The van der Waals surface area contributed by atoms with E-state index >= 15 is 0 Å². The van der Waals surface area contributed by atoms with Gasteiger partial charge < -0.3 is 9.47 Å². The summed E-state index contributed by atoms with van der Waals surface area (Å²) >= 11 is 0. The molecule has 2 atom stereocenters. The van der Waals surface area contributed by atoms with Crippen molar-refractivity contribution in [1.29, 1.82) is 0 Å². The first-order valence-electron chi connectivity index (χ1n) is 9.01. The van der Waals surface area contributed by atoms with Crippen LogP contribution in [0.15, 0.2) is 59.4 Å². The minimum Gasteiger partial charge on any atom is -0.496 e. The quantitative estimate of drug-likeness (QED) is 0.716. The summed E-state index contributed by atoms with van der Waals surface area (Å²) in [7, 11) is 3.21. The number of rotatable bonds is 5. The van der Waals surface area contributed by atoms with Crippen LogP contribution in [0.2, 0.25) is 0 Å². The molecule has 3 rings (SSSR count). The Morgan fingerprint density at radius 3 is 2.64 bits per heavy atom. The van der Waals surface area contributed by atoms with E-state index in [9.17, 15) is 4.79 Å². The van der Waals surface area contributed by atoms with E-state index in [2.05, 4.69) is 31.2 Å². The van der Waals surface area contributed by atoms with Gasteiger partial charge in [0, 0.05) is 5.57 Å². The van der Waals surface area contributed by atoms with Crippen molar-refractivity contribution < 1.29 is 14.3 Å². The van der Waals surface area contributed by atoms with Crippen molar-refractivity contribution in [2.75, 3.05) is 14.2 Å². The summed E-state index contributed by atoms with van der Waals surface area (Å²) < 4.78 is 10.7. The molecule has 2 aliphatic rings. The van der Waals surface area contributed by atoms with Crippen LogP contribution >= 0.6 is 0 Å². The van der Waals surface area contributed by atoms with Gasteiger partial charge >= 0.3 is 5.97 Å². The number of esters is 1. The van der Waals surface area contributed by atoms with Gasteiger partial charge in [-0.2, -0.15) is 0 Å². The number of carbonyl (C=O) groups is 1. The summed E-state index contributed by atoms with van der Waals surface area (Å²) in [4.78, 5) is 12.3. The lowest BCUT2D eigenvalue weighted by Crippen LogP contribution is -2.24. The number of benzene rings is 1. The molecule has 1 aromatic carbocycles. The lowest BCUT2D eigenvalue weighted by Gasteiger charge is -2.22. The molecule has 0 radical (unpaired) electrons. The monoisotopic (exact) mass is 338 g/mol. The van der Waals surface area contributed by atoms with Gasteiger partial charge in [0.05, 0.1) is 20.1 Å². The van der Waals surface area contributed by atoms with Crippen LogP contribution in [-0.4, -0.2) is 20.2 Å². The van der Waals surface area contributed by atoms with Gasteiger partial charge in [-0.05, 0) is 54.9 Å². The Hall–Kier alpha value is -2.29. The number of carbonyl (C=O) groups excluding carboxylic acids is 1. The second-order valence-electron chi connectivity index (χ2n) is 6.64. The normalized spacial score (nSPS) is 21.0. The van der Waals surface area contributed by atoms with Crippen LogP contribution < -0.4 is 0 Å². The van der Waals surface area contributed by atoms with Crippen LogP contribution in [0.3, 0.4) is 0 Å². The van der Waals surface area contributed by atoms with Crippen molar-refractivity contribution in [1.82, 2.24) is 0 Å². The Morgan fingerprint density at radius 2 is 2.00 bits per heavy atom. The van der Waals surface area contributed by atoms with Gasteiger partial charge in [-0.3, -0.25) is 4.79 Å². The lowest BCUT2D eigenvalue weighted by molar-refractivity contribution is -0.147. The van der Waals surface area contributed by atoms with E-state index in [1.807, 2.05) is 18.2 Å². The van der Waals surface area contributed by atoms with Crippen LogP contribution in [0.5, 0.6) is 0 Å². The molecule has 0 bridgehead atoms. The SMILES string of the molecule is CCC(C(=O)OC)C1CCC2=C1C=C(c1ccccc1)C(OC)=CC2. The Kier molecular flexibility index (Phi) is 5.42. The van der Waals surface area contributed by atoms with Gasteiger partial charge in [-0.15, -0.1) is 0 Å². The average Bonchev–Trinajstić information content (AvgIpc) is 2.94. The van der Waals surface area contributed by atoms with E-state index in [4.69, 9.17) is 9.47 Å². The van der Waals surface area contributed by atoms with Crippen LogP contribution in [-0.2, 0) is 14.3 Å². The Balaban J connectivity index is 2.03. The van der Waals surface area contributed by atoms with Crippen molar-refractivity contribution in [3.63, 3.8) is 0 Å². The molecular weight excluding hydrogens is 312 g/mol. The third kappa shape index (κ3) is 3.41. The van der Waals surface area contributed by atoms with E-state index in [0.717, 1.165) is 42.6 Å². The molecule has 0 aromatic heterocycles. The van der Waals surface area contributed by atoms with Crippen LogP contribution in [0.1, 0.15) is 38.2 Å². The van der Waals surface area contributed by atoms with Crippen molar-refractivity contribution >= 4 is 11.5 Å². The fourth-order valence-corrected chi connectivity index (χ4v) is 4.09. The van der Waals surface area contributed by atoms with Crippen molar-refractivity contribution in [3.8, 4) is 0 Å². The number of ether oxygens (including phenoxy) is 2. The lowest BCUT2D eigenvalue weighted by atomic mass is 9.83. The molecule has 0 saturated heterocycles. The van der Waals surface area contributed by atoms with Gasteiger partial charge in [0.1, 0.15) is 5.76 Å². The summed E-state index contributed by atoms with van der Waals surface area (Å²) in [6.07, 6.45) is 8.16. The zero-order valence-electron chi connectivity index (χ0n) is 15.2. The second kappa shape index (κ2) is 7.73. The highest BCUT2D eigenvalue weighted by Gasteiger charge is 2.35. The molecular formula is C22H26O3. The average molecular weight is 338 g/mol. The van der Waals surface area contributed by atoms with Crippen molar-refractivity contribution in [2.24, 2.45) is 11.8 Å². The number of methoxy groups -OCH3 is 2. The highest BCUT2D eigenvalue weighted by atomic mass is 16.5. The van der Waals surface area contributed by atoms with E-state index < -0.39 is 0 Å². The van der Waals surface area contributed by atoms with Crippen LogP contribution in [0, 0.1) is 11.8 Å². The number of allylic oxidation sites excluding steroid dienone is 5. The minimum absolute atomic E-state index is 0.0742. The maximum Gasteiger partial charge on any atom is 0.309 e. The largest absolute Gasteiger partial charge is 0.496 e. The van der Waals surface area contributed by atoms with Gasteiger partial charge in [0.25, 0.3) is 0 Å². The first-order chi connectivity index (χ1) is 12.2. The summed E-state index contributed by atoms with van der Waals surface area (Å²) in [5.74, 6) is 0.969. The summed E-state index contributed by atoms with van der Waals surface area (Å²) in [5, 5.41) is 0. The highest BCUT2D eigenvalue weighted by Crippen LogP contribution is 2.44. The van der Waals surface area contributed by atoms with Gasteiger partial charge in [0.15, 0.2) is 0 Å². The Bertz CT molecular complexity index is 725. The summed E-state index contributed by atoms with van der Waals surface area (Å²) in [6, 6.07) is 10.3. The molecule has 2 aliphatic carbocycles. The predicted molar refractivity (Wildman–Crippen MR) is 99.7 cm³/mol. The zero-order chi connectivity index (χ0) is 17.8. The third-order valence-electron chi connectivity index (χ3n) is 5.40. The molecule has 0 N–H and O–H groups in total. The molecule has 1 aromatic rings. The van der Waals surface area contributed by atoms with E-state index in [1.54, 1.807) is 7.11 Å². The Labute approximate surface area is 150 Å². The van der Waals surface area contributed by atoms with Gasteiger partial charge in [-0.25, -0.2) is 0 Å². The van der Waals surface area contributed by atoms with Crippen LogP contribution in [0.25, 0.3) is 5.57 Å². The topological polar surface area (TPSA) is 35.5 Å². The number of hydrogen-bond donors (Lipinski definition) is 0. The van der Waals surface area contributed by atoms with E-state index in [-0.39, 0.29) is 17.8 Å². The smallest absolute Gasteiger partial charge is 0.309 e. The summed E-state index contributed by atoms with van der Waals surface area (Å²) in [6.45, 7) is 2.07. The third-order valence-corrected chi connectivity index (χ3v) is 5.40. The fourth-order valence-electron chi connectivity index (χ4n) is 4.09. The summed E-state index contributed by atoms with van der Waals surface area (Å²) in [5.41, 5.74) is 4.97. The standard InChI is InChI=1S/C22H26O3/c1-4-17(22(23)25-3)18-12-10-16-11-13-21(24-2)20(14-19(16)18)15-8-6-5-7-9-15/h5-9,13-14,17-18H,4,10-12H2,1-3H3. The second-order valence-corrected chi connectivity index (χ2v) is 6.64. The molecule has 0 spiro atoms. The molecule has 132 valence electrons. The van der Waals surface area contributed by atoms with Crippen molar-refractivity contribution in [2.45, 2.75) is 32.6 Å². The number of hydrogen-bond acceptors (Lipinski definition) is 3. The molecule has 3 heteroatoms. The molecule has 0 amide bonds. The van der Waals surface area contributed by atoms with Crippen LogP contribution in [0.4, 0.5) is 0 Å².